The van der Waals surface area contributed by atoms with E-state index < -0.39 is 21.7 Å². The lowest BCUT2D eigenvalue weighted by Gasteiger charge is -2.20. The van der Waals surface area contributed by atoms with Crippen molar-refractivity contribution in [1.29, 1.82) is 5.26 Å². The van der Waals surface area contributed by atoms with E-state index in [4.69, 9.17) is 11.6 Å². The molecule has 1 aliphatic heterocycles. The number of sulfonamides is 1. The van der Waals surface area contributed by atoms with Crippen LogP contribution < -0.4 is 15.2 Å². The highest BCUT2D eigenvalue weighted by atomic mass is 35.5. The highest BCUT2D eigenvalue weighted by Gasteiger charge is 2.33. The average molecular weight is 457 g/mol. The van der Waals surface area contributed by atoms with Gasteiger partial charge in [-0.2, -0.15) is 18.1 Å². The second-order valence-electron chi connectivity index (χ2n) is 6.61. The minimum absolute atomic E-state index is 0.0106. The van der Waals surface area contributed by atoms with E-state index in [1.165, 1.54) is 36.4 Å². The second kappa shape index (κ2) is 8.00. The fraction of sp³-hybridized carbons (Fsp3) is 0.0476. The third-order valence-electron chi connectivity index (χ3n) is 4.69. The zero-order chi connectivity index (χ0) is 22.2. The SMILES string of the molecule is N#Cc1ccccc1S(=O)(=O)N1NCc2ccc(NC(=O)c3c(F)cccc3Cl)cc21. The van der Waals surface area contributed by atoms with Crippen LogP contribution in [0.2, 0.25) is 5.02 Å². The fourth-order valence-electron chi connectivity index (χ4n) is 3.23. The number of hydrogen-bond donors (Lipinski definition) is 2. The summed E-state index contributed by atoms with van der Waals surface area (Å²) < 4.78 is 41.4. The largest absolute Gasteiger partial charge is 0.322 e. The van der Waals surface area contributed by atoms with Gasteiger partial charge in [0.05, 0.1) is 21.8 Å². The molecule has 0 spiro atoms. The molecule has 156 valence electrons. The number of benzene rings is 3. The van der Waals surface area contributed by atoms with Crippen molar-refractivity contribution in [2.75, 3.05) is 9.73 Å². The molecule has 0 aliphatic carbocycles. The smallest absolute Gasteiger partial charge is 0.279 e. The summed E-state index contributed by atoms with van der Waals surface area (Å²) in [6, 6.07) is 16.3. The number of carbonyl (C=O) groups is 1. The molecule has 3 aromatic carbocycles. The number of nitrogens with one attached hydrogen (secondary N) is 2. The predicted molar refractivity (Wildman–Crippen MR) is 113 cm³/mol. The number of nitriles is 1. The quantitative estimate of drug-likeness (QED) is 0.621. The molecule has 31 heavy (non-hydrogen) atoms. The molecule has 7 nitrogen and oxygen atoms in total. The Kier molecular flexibility index (Phi) is 5.37. The zero-order valence-electron chi connectivity index (χ0n) is 15.8. The maximum absolute atomic E-state index is 14.0. The van der Waals surface area contributed by atoms with E-state index in [-0.39, 0.29) is 39.0 Å². The molecular weight excluding hydrogens is 443 g/mol. The number of hydrogen-bond acceptors (Lipinski definition) is 5. The third kappa shape index (κ3) is 3.72. The van der Waals surface area contributed by atoms with E-state index in [2.05, 4.69) is 10.7 Å². The van der Waals surface area contributed by atoms with E-state index in [1.807, 2.05) is 6.07 Å². The van der Waals surface area contributed by atoms with Gasteiger partial charge in [-0.15, -0.1) is 0 Å². The molecule has 2 N–H and O–H groups in total. The first-order chi connectivity index (χ1) is 14.8. The Morgan fingerprint density at radius 2 is 1.94 bits per heavy atom. The number of amides is 1. The summed E-state index contributed by atoms with van der Waals surface area (Å²) in [7, 11) is -4.10. The van der Waals surface area contributed by atoms with Gasteiger partial charge in [-0.25, -0.2) is 9.82 Å². The van der Waals surface area contributed by atoms with E-state index in [1.54, 1.807) is 18.2 Å². The lowest BCUT2D eigenvalue weighted by molar-refractivity contribution is 0.102. The van der Waals surface area contributed by atoms with Crippen molar-refractivity contribution >= 4 is 38.9 Å². The molecule has 0 fully saturated rings. The van der Waals surface area contributed by atoms with Crippen LogP contribution in [-0.4, -0.2) is 14.3 Å². The van der Waals surface area contributed by atoms with Crippen LogP contribution in [0.3, 0.4) is 0 Å². The maximum atomic E-state index is 14.0. The van der Waals surface area contributed by atoms with Crippen molar-refractivity contribution in [3.63, 3.8) is 0 Å². The summed E-state index contributed by atoms with van der Waals surface area (Å²) in [6.45, 7) is 0.233. The van der Waals surface area contributed by atoms with Crippen molar-refractivity contribution in [2.45, 2.75) is 11.4 Å². The standard InChI is InChI=1S/C21H14ClFN4O3S/c22-16-5-3-6-17(23)20(16)21(28)26-15-9-8-14-12-25-27(18(14)10-15)31(29,30)19-7-2-1-4-13(19)11-24/h1-10,25H,12H2,(H,26,28). The van der Waals surface area contributed by atoms with Crippen LogP contribution in [0.25, 0.3) is 0 Å². The molecule has 10 heteroatoms. The number of rotatable bonds is 4. The third-order valence-corrected chi connectivity index (χ3v) is 6.72. The fourth-order valence-corrected chi connectivity index (χ4v) is 4.98. The Morgan fingerprint density at radius 1 is 1.16 bits per heavy atom. The highest BCUT2D eigenvalue weighted by Crippen LogP contribution is 2.33. The molecule has 0 aromatic heterocycles. The minimum atomic E-state index is -4.10. The Labute approximate surface area is 182 Å². The van der Waals surface area contributed by atoms with Crippen molar-refractivity contribution in [3.05, 3.63) is 88.2 Å². The molecule has 0 saturated heterocycles. The highest BCUT2D eigenvalue weighted by molar-refractivity contribution is 7.92. The number of nitrogens with zero attached hydrogens (tertiary/aromatic N) is 2. The topological polar surface area (TPSA) is 102 Å². The van der Waals surface area contributed by atoms with Crippen molar-refractivity contribution < 1.29 is 17.6 Å². The number of fused-ring (bicyclic) bond motifs is 1. The van der Waals surface area contributed by atoms with Crippen LogP contribution in [0, 0.1) is 17.1 Å². The van der Waals surface area contributed by atoms with Gasteiger partial charge < -0.3 is 5.32 Å². The van der Waals surface area contributed by atoms with Gasteiger partial charge in [-0.3, -0.25) is 4.79 Å². The van der Waals surface area contributed by atoms with Gasteiger partial charge in [0.2, 0.25) is 0 Å². The van der Waals surface area contributed by atoms with Gasteiger partial charge in [0.15, 0.2) is 0 Å². The first kappa shape index (κ1) is 20.8. The second-order valence-corrected chi connectivity index (χ2v) is 8.77. The molecule has 4 rings (SSSR count). The number of hydrazine groups is 1. The molecule has 1 aliphatic rings. The van der Waals surface area contributed by atoms with Crippen LogP contribution in [-0.2, 0) is 16.6 Å². The number of halogens is 2. The van der Waals surface area contributed by atoms with Gasteiger partial charge in [0.25, 0.3) is 15.9 Å². The average Bonchev–Trinajstić information content (AvgIpc) is 3.17. The minimum Gasteiger partial charge on any atom is -0.322 e. The predicted octanol–water partition coefficient (Wildman–Crippen LogP) is 3.82. The van der Waals surface area contributed by atoms with Crippen LogP contribution in [0.4, 0.5) is 15.8 Å². The number of anilines is 2. The molecular formula is C21H14ClFN4O3S. The first-order valence-corrected chi connectivity index (χ1v) is 10.8. The zero-order valence-corrected chi connectivity index (χ0v) is 17.3. The Balaban J connectivity index is 1.69. The van der Waals surface area contributed by atoms with Crippen LogP contribution >= 0.6 is 11.6 Å². The van der Waals surface area contributed by atoms with E-state index in [0.29, 0.717) is 5.56 Å². The molecule has 1 heterocycles. The van der Waals surface area contributed by atoms with Gasteiger partial charge in [-0.1, -0.05) is 35.9 Å². The Morgan fingerprint density at radius 3 is 2.68 bits per heavy atom. The molecule has 0 bridgehead atoms. The van der Waals surface area contributed by atoms with Gasteiger partial charge >= 0.3 is 0 Å². The summed E-state index contributed by atoms with van der Waals surface area (Å²) in [6.07, 6.45) is 0. The Bertz CT molecular complexity index is 1330. The summed E-state index contributed by atoms with van der Waals surface area (Å²) in [4.78, 5) is 12.4. The van der Waals surface area contributed by atoms with Crippen LogP contribution in [0.15, 0.2) is 65.6 Å². The lowest BCUT2D eigenvalue weighted by atomic mass is 10.1. The first-order valence-electron chi connectivity index (χ1n) is 8.99. The summed E-state index contributed by atoms with van der Waals surface area (Å²) >= 11 is 5.94. The molecule has 0 saturated carbocycles. The van der Waals surface area contributed by atoms with E-state index >= 15 is 0 Å². The molecule has 0 atom stereocenters. The van der Waals surface area contributed by atoms with Gasteiger partial charge in [0, 0.05) is 12.2 Å². The van der Waals surface area contributed by atoms with Gasteiger partial charge in [-0.05, 0) is 42.0 Å². The summed E-state index contributed by atoms with van der Waals surface area (Å²) in [5.74, 6) is -1.54. The number of carbonyl (C=O) groups excluding carboxylic acids is 1. The molecule has 0 unspecified atom stereocenters. The van der Waals surface area contributed by atoms with E-state index in [0.717, 1.165) is 10.5 Å². The van der Waals surface area contributed by atoms with Crippen molar-refractivity contribution in [3.8, 4) is 6.07 Å². The normalized spacial score (nSPS) is 12.9. The molecule has 3 aromatic rings. The summed E-state index contributed by atoms with van der Waals surface area (Å²) in [5, 5.41) is 11.8. The summed E-state index contributed by atoms with van der Waals surface area (Å²) in [5.41, 5.74) is 3.68. The molecule has 1 amide bonds. The van der Waals surface area contributed by atoms with Crippen LogP contribution in [0.5, 0.6) is 0 Å². The van der Waals surface area contributed by atoms with E-state index in [9.17, 15) is 22.9 Å². The lowest BCUT2D eigenvalue weighted by Crippen LogP contribution is -2.38. The van der Waals surface area contributed by atoms with Crippen molar-refractivity contribution in [2.24, 2.45) is 0 Å². The monoisotopic (exact) mass is 456 g/mol. The maximum Gasteiger partial charge on any atom is 0.279 e. The molecule has 0 radical (unpaired) electrons. The van der Waals surface area contributed by atoms with Gasteiger partial charge in [0.1, 0.15) is 16.8 Å². The Hall–Kier alpha value is -3.45. The van der Waals surface area contributed by atoms with Crippen molar-refractivity contribution in [1.82, 2.24) is 5.43 Å². The van der Waals surface area contributed by atoms with Crippen LogP contribution in [0.1, 0.15) is 21.5 Å².